The van der Waals surface area contributed by atoms with Gasteiger partial charge in [-0.1, -0.05) is 0 Å². The van der Waals surface area contributed by atoms with E-state index in [-0.39, 0.29) is 18.6 Å². The topological polar surface area (TPSA) is 98.5 Å². The van der Waals surface area contributed by atoms with Gasteiger partial charge in [-0.2, -0.15) is 0 Å². The second-order valence-electron chi connectivity index (χ2n) is 4.63. The molecule has 0 atom stereocenters. The van der Waals surface area contributed by atoms with Crippen molar-refractivity contribution >= 4 is 27.4 Å². The van der Waals surface area contributed by atoms with Gasteiger partial charge in [0.15, 0.2) is 0 Å². The van der Waals surface area contributed by atoms with Gasteiger partial charge in [0.1, 0.15) is 0 Å². The molecular formula is C13H20N2O4S. The number of methoxy groups -OCH3 is 1. The minimum Gasteiger partial charge on any atom is -0.469 e. The van der Waals surface area contributed by atoms with Crippen molar-refractivity contribution in [3.63, 3.8) is 0 Å². The lowest BCUT2D eigenvalue weighted by molar-refractivity contribution is -0.140. The van der Waals surface area contributed by atoms with E-state index in [4.69, 9.17) is 5.73 Å². The number of carbonyl (C=O) groups excluding carboxylic acids is 1. The second-order valence-corrected chi connectivity index (χ2v) is 6.47. The normalized spacial score (nSPS) is 11.2. The molecule has 0 aliphatic carbocycles. The summed E-state index contributed by atoms with van der Waals surface area (Å²) in [6, 6.07) is 3.42. The summed E-state index contributed by atoms with van der Waals surface area (Å²) in [6.45, 7) is 3.57. The van der Waals surface area contributed by atoms with Crippen molar-refractivity contribution in [1.82, 2.24) is 0 Å². The molecule has 20 heavy (non-hydrogen) atoms. The number of esters is 1. The van der Waals surface area contributed by atoms with Crippen LogP contribution in [-0.2, 0) is 19.6 Å². The van der Waals surface area contributed by atoms with Crippen LogP contribution in [0.25, 0.3) is 0 Å². The van der Waals surface area contributed by atoms with E-state index in [2.05, 4.69) is 9.46 Å². The van der Waals surface area contributed by atoms with Crippen molar-refractivity contribution in [3.8, 4) is 0 Å². The van der Waals surface area contributed by atoms with Gasteiger partial charge in [0, 0.05) is 12.1 Å². The number of aryl methyl sites for hydroxylation is 2. The number of nitrogen functional groups attached to an aromatic ring is 1. The van der Waals surface area contributed by atoms with Crippen LogP contribution in [0.15, 0.2) is 12.1 Å². The molecule has 0 saturated carbocycles. The lowest BCUT2D eigenvalue weighted by Crippen LogP contribution is -2.19. The molecule has 0 aliphatic heterocycles. The first-order valence-electron chi connectivity index (χ1n) is 6.19. The summed E-state index contributed by atoms with van der Waals surface area (Å²) in [5.41, 5.74) is 8.35. The Hall–Kier alpha value is -1.76. The third kappa shape index (κ3) is 4.73. The SMILES string of the molecule is COC(=O)CCCS(=O)(=O)Nc1c(C)cc(N)cc1C. The molecule has 0 aromatic heterocycles. The molecule has 1 aromatic carbocycles. The number of sulfonamides is 1. The van der Waals surface area contributed by atoms with Crippen LogP contribution in [0.5, 0.6) is 0 Å². The van der Waals surface area contributed by atoms with Gasteiger partial charge >= 0.3 is 5.97 Å². The number of rotatable bonds is 6. The Labute approximate surface area is 119 Å². The van der Waals surface area contributed by atoms with E-state index in [0.717, 1.165) is 11.1 Å². The van der Waals surface area contributed by atoms with Gasteiger partial charge in [-0.05, 0) is 43.5 Å². The molecule has 0 radical (unpaired) electrons. The third-order valence-electron chi connectivity index (χ3n) is 2.83. The molecule has 0 fully saturated rings. The van der Waals surface area contributed by atoms with Crippen molar-refractivity contribution < 1.29 is 17.9 Å². The first-order valence-corrected chi connectivity index (χ1v) is 7.84. The lowest BCUT2D eigenvalue weighted by Gasteiger charge is -2.14. The zero-order valence-corrected chi connectivity index (χ0v) is 12.7. The molecule has 1 aromatic rings. The van der Waals surface area contributed by atoms with E-state index in [9.17, 15) is 13.2 Å². The molecule has 1 rings (SSSR count). The van der Waals surface area contributed by atoms with Gasteiger partial charge in [0.25, 0.3) is 0 Å². The molecule has 0 amide bonds. The Balaban J connectivity index is 2.74. The van der Waals surface area contributed by atoms with Crippen molar-refractivity contribution in [3.05, 3.63) is 23.3 Å². The van der Waals surface area contributed by atoms with Crippen LogP contribution < -0.4 is 10.5 Å². The Morgan fingerprint density at radius 2 is 1.85 bits per heavy atom. The number of nitrogens with two attached hydrogens (primary N) is 1. The van der Waals surface area contributed by atoms with Gasteiger partial charge in [-0.25, -0.2) is 8.42 Å². The minimum absolute atomic E-state index is 0.0805. The fraction of sp³-hybridized carbons (Fsp3) is 0.462. The summed E-state index contributed by atoms with van der Waals surface area (Å²) < 4.78 is 30.9. The van der Waals surface area contributed by atoms with Crippen molar-refractivity contribution in [1.29, 1.82) is 0 Å². The first kappa shape index (κ1) is 16.3. The molecule has 0 spiro atoms. The monoisotopic (exact) mass is 300 g/mol. The number of hydrogen-bond acceptors (Lipinski definition) is 5. The van der Waals surface area contributed by atoms with E-state index in [1.807, 2.05) is 0 Å². The summed E-state index contributed by atoms with van der Waals surface area (Å²) in [6.07, 6.45) is 0.298. The molecule has 7 heteroatoms. The maximum atomic E-state index is 12.0. The fourth-order valence-electron chi connectivity index (χ4n) is 1.87. The maximum absolute atomic E-state index is 12.0. The quantitative estimate of drug-likeness (QED) is 0.614. The smallest absolute Gasteiger partial charge is 0.305 e. The molecule has 3 N–H and O–H groups in total. The van der Waals surface area contributed by atoms with E-state index < -0.39 is 16.0 Å². The largest absolute Gasteiger partial charge is 0.469 e. The van der Waals surface area contributed by atoms with Crippen molar-refractivity contribution in [2.24, 2.45) is 0 Å². The van der Waals surface area contributed by atoms with E-state index in [1.54, 1.807) is 26.0 Å². The van der Waals surface area contributed by atoms with E-state index >= 15 is 0 Å². The maximum Gasteiger partial charge on any atom is 0.305 e. The predicted molar refractivity (Wildman–Crippen MR) is 79.0 cm³/mol. The van der Waals surface area contributed by atoms with Crippen LogP contribution in [0.4, 0.5) is 11.4 Å². The Kier molecular flexibility index (Phi) is 5.38. The summed E-state index contributed by atoms with van der Waals surface area (Å²) in [5, 5.41) is 0. The van der Waals surface area contributed by atoms with Crippen LogP contribution in [-0.4, -0.2) is 27.2 Å². The van der Waals surface area contributed by atoms with E-state index in [1.165, 1.54) is 7.11 Å². The molecule has 6 nitrogen and oxygen atoms in total. The van der Waals surface area contributed by atoms with Crippen LogP contribution >= 0.6 is 0 Å². The fourth-order valence-corrected chi connectivity index (χ4v) is 3.13. The standard InChI is InChI=1S/C13H20N2O4S/c1-9-7-11(14)8-10(2)13(9)15-20(17,18)6-4-5-12(16)19-3/h7-8,15H,4-6,14H2,1-3H3. The molecule has 0 saturated heterocycles. The van der Waals surface area contributed by atoms with Gasteiger partial charge in [0.05, 0.1) is 18.6 Å². The molecular weight excluding hydrogens is 280 g/mol. The van der Waals surface area contributed by atoms with Crippen molar-refractivity contribution in [2.75, 3.05) is 23.3 Å². The number of carbonyl (C=O) groups is 1. The number of ether oxygens (including phenoxy) is 1. The van der Waals surface area contributed by atoms with E-state index in [0.29, 0.717) is 11.4 Å². The predicted octanol–water partition coefficient (Wildman–Crippen LogP) is 1.58. The highest BCUT2D eigenvalue weighted by Gasteiger charge is 2.15. The molecule has 112 valence electrons. The van der Waals surface area contributed by atoms with Crippen LogP contribution in [0, 0.1) is 13.8 Å². The highest BCUT2D eigenvalue weighted by Crippen LogP contribution is 2.24. The van der Waals surface area contributed by atoms with Crippen LogP contribution in [0.2, 0.25) is 0 Å². The van der Waals surface area contributed by atoms with Gasteiger partial charge in [0.2, 0.25) is 10.0 Å². The number of hydrogen-bond donors (Lipinski definition) is 2. The molecule has 0 heterocycles. The highest BCUT2D eigenvalue weighted by atomic mass is 32.2. The van der Waals surface area contributed by atoms with Crippen molar-refractivity contribution in [2.45, 2.75) is 26.7 Å². The number of anilines is 2. The average molecular weight is 300 g/mol. The Morgan fingerprint density at radius 1 is 1.30 bits per heavy atom. The summed E-state index contributed by atoms with van der Waals surface area (Å²) in [7, 11) is -2.22. The van der Waals surface area contributed by atoms with Crippen LogP contribution in [0.1, 0.15) is 24.0 Å². The van der Waals surface area contributed by atoms with Gasteiger partial charge < -0.3 is 10.5 Å². The first-order chi connectivity index (χ1) is 9.25. The Bertz CT molecular complexity index is 573. The summed E-state index contributed by atoms with van der Waals surface area (Å²) in [5.74, 6) is -0.550. The third-order valence-corrected chi connectivity index (χ3v) is 4.18. The lowest BCUT2D eigenvalue weighted by atomic mass is 10.1. The minimum atomic E-state index is -3.49. The molecule has 0 bridgehead atoms. The number of benzene rings is 1. The highest BCUT2D eigenvalue weighted by molar-refractivity contribution is 7.92. The van der Waals surface area contributed by atoms with Gasteiger partial charge in [-0.3, -0.25) is 9.52 Å². The number of nitrogens with one attached hydrogen (secondary N) is 1. The molecule has 0 aliphatic rings. The summed E-state index contributed by atoms with van der Waals surface area (Å²) in [4.78, 5) is 11.0. The molecule has 0 unspecified atom stereocenters. The zero-order chi connectivity index (χ0) is 15.3. The Morgan fingerprint density at radius 3 is 2.35 bits per heavy atom. The summed E-state index contributed by atoms with van der Waals surface area (Å²) >= 11 is 0. The van der Waals surface area contributed by atoms with Gasteiger partial charge in [-0.15, -0.1) is 0 Å². The van der Waals surface area contributed by atoms with Crippen LogP contribution in [0.3, 0.4) is 0 Å². The zero-order valence-electron chi connectivity index (χ0n) is 11.9. The second kappa shape index (κ2) is 6.60. The average Bonchev–Trinajstić information content (AvgIpc) is 2.33.